The van der Waals surface area contributed by atoms with Crippen molar-refractivity contribution in [3.63, 3.8) is 0 Å². The number of hydrogen-bond donors (Lipinski definition) is 0. The molecule has 66 heavy (non-hydrogen) atoms. The number of halogens is 20. The molecule has 0 amide bonds. The van der Waals surface area contributed by atoms with E-state index in [1.807, 2.05) is 42.5 Å². The lowest BCUT2D eigenvalue weighted by Gasteiger charge is -2.44. The van der Waals surface area contributed by atoms with Gasteiger partial charge in [-0.15, -0.1) is 21.9 Å². The number of hydrogen-bond acceptors (Lipinski definition) is 1. The monoisotopic (exact) mass is 950 g/mol. The lowest BCUT2D eigenvalue weighted by atomic mass is 9.12. The molecule has 0 spiro atoms. The molecule has 0 fully saturated rings. The van der Waals surface area contributed by atoms with Crippen LogP contribution in [0.4, 0.5) is 87.8 Å². The second kappa shape index (κ2) is 18.2. The SMILES string of the molecule is Fc1c(F)c(F)c([B-](c2c(F)c(F)c(F)c(F)c2F)(c2c(F)c(F)c(F)c(F)c2F)c2c(F)c(F)c(F)c(F)c2F)c(F)c1F.N#Cc1ccc(-c2cccc[n+]2Cc2ccccc2)cc1. The van der Waals surface area contributed by atoms with E-state index < -0.39 is 144 Å². The zero-order valence-corrected chi connectivity index (χ0v) is 31.7. The molecule has 1 heterocycles. The smallest absolute Gasteiger partial charge is 0.207 e. The van der Waals surface area contributed by atoms with Gasteiger partial charge in [0.1, 0.15) is 52.7 Å². The lowest BCUT2D eigenvalue weighted by Crippen LogP contribution is -2.81. The predicted octanol–water partition coefficient (Wildman–Crippen LogP) is 9.41. The molecule has 0 unspecified atom stereocenters. The molecule has 0 radical (unpaired) electrons. The first-order chi connectivity index (χ1) is 31.1. The first-order valence-corrected chi connectivity index (χ1v) is 17.8. The second-order valence-electron chi connectivity index (χ2n) is 13.7. The Hall–Kier alpha value is -7.38. The van der Waals surface area contributed by atoms with E-state index in [9.17, 15) is 52.7 Å². The molecule has 7 rings (SSSR count). The van der Waals surface area contributed by atoms with E-state index in [-0.39, 0.29) is 0 Å². The van der Waals surface area contributed by atoms with E-state index in [0.717, 1.165) is 17.8 Å². The highest BCUT2D eigenvalue weighted by Crippen LogP contribution is 2.31. The second-order valence-corrected chi connectivity index (χ2v) is 13.7. The van der Waals surface area contributed by atoms with Gasteiger partial charge in [0.2, 0.25) is 5.69 Å². The normalized spacial score (nSPS) is 11.4. The molecule has 0 saturated carbocycles. The van der Waals surface area contributed by atoms with E-state index in [1.165, 1.54) is 5.56 Å². The molecule has 7 aromatic rings. The Kier molecular flexibility index (Phi) is 13.3. The number of nitriles is 1. The van der Waals surface area contributed by atoms with Gasteiger partial charge >= 0.3 is 0 Å². The molecule has 0 N–H and O–H groups in total. The molecule has 0 bridgehead atoms. The van der Waals surface area contributed by atoms with E-state index in [1.54, 1.807) is 0 Å². The molecule has 2 nitrogen and oxygen atoms in total. The highest BCUT2D eigenvalue weighted by Gasteiger charge is 2.52. The van der Waals surface area contributed by atoms with E-state index in [0.29, 0.717) is 5.56 Å². The maximum Gasteiger partial charge on any atom is 0.212 e. The highest BCUT2D eigenvalue weighted by atomic mass is 19.2. The molecule has 340 valence electrons. The summed E-state index contributed by atoms with van der Waals surface area (Å²) in [5.74, 6) is -71.4. The van der Waals surface area contributed by atoms with E-state index >= 15 is 35.1 Å². The summed E-state index contributed by atoms with van der Waals surface area (Å²) < 4.78 is 296. The van der Waals surface area contributed by atoms with Crippen molar-refractivity contribution in [2.75, 3.05) is 0 Å². The van der Waals surface area contributed by atoms with Crippen LogP contribution in [0.3, 0.4) is 0 Å². The minimum atomic E-state index is -7.22. The van der Waals surface area contributed by atoms with Crippen molar-refractivity contribution < 1.29 is 92.4 Å². The third-order valence-electron chi connectivity index (χ3n) is 10.2. The molecule has 0 aliphatic heterocycles. The summed E-state index contributed by atoms with van der Waals surface area (Å²) in [6, 6.07) is 26.4. The van der Waals surface area contributed by atoms with E-state index in [2.05, 4.69) is 47.2 Å². The van der Waals surface area contributed by atoms with Gasteiger partial charge in [0.25, 0.3) is 0 Å². The van der Waals surface area contributed by atoms with Gasteiger partial charge in [-0.1, -0.05) is 30.3 Å². The highest BCUT2D eigenvalue weighted by molar-refractivity contribution is 7.20. The third kappa shape index (κ3) is 7.62. The van der Waals surface area contributed by atoms with Crippen molar-refractivity contribution >= 4 is 28.0 Å². The number of aromatic nitrogens is 1. The minimum Gasteiger partial charge on any atom is -0.207 e. The Labute approximate surface area is 355 Å². The standard InChI is InChI=1S/C24BF20.C19H15N2/c26-5-1(6(27)14(35)21(42)13(5)34)25(2-7(28)15(36)22(43)16(37)8(2)29,3-9(30)17(38)23(44)18(39)10(3)31)4-11(32)19(40)24(45)20(41)12(4)33;20-14-16-9-11-18(12-10-16)19-8-4-5-13-21(19)15-17-6-2-1-3-7-17/h;1-13H,15H2/q-1;+1. The Bertz CT molecular complexity index is 2740. The fourth-order valence-corrected chi connectivity index (χ4v) is 7.25. The van der Waals surface area contributed by atoms with Crippen LogP contribution in [0.2, 0.25) is 0 Å². The molecule has 0 saturated heterocycles. The topological polar surface area (TPSA) is 27.7 Å². The molecular weight excluding hydrogens is 935 g/mol. The molecule has 0 aliphatic carbocycles. The first-order valence-electron chi connectivity index (χ1n) is 17.8. The Balaban J connectivity index is 0.000000284. The van der Waals surface area contributed by atoms with E-state index in [4.69, 9.17) is 5.26 Å². The Morgan fingerprint density at radius 3 is 0.939 bits per heavy atom. The van der Waals surface area contributed by atoms with Crippen molar-refractivity contribution in [2.45, 2.75) is 6.54 Å². The summed E-state index contributed by atoms with van der Waals surface area (Å²) in [7, 11) is 0. The van der Waals surface area contributed by atoms with Crippen molar-refractivity contribution in [1.82, 2.24) is 0 Å². The van der Waals surface area contributed by atoms with Gasteiger partial charge < -0.3 is 0 Å². The zero-order valence-electron chi connectivity index (χ0n) is 31.7. The molecule has 0 aliphatic rings. The van der Waals surface area contributed by atoms with Crippen molar-refractivity contribution in [3.05, 3.63) is 206 Å². The Morgan fingerprint density at radius 2 is 0.636 bits per heavy atom. The quantitative estimate of drug-likeness (QED) is 0.0515. The summed E-state index contributed by atoms with van der Waals surface area (Å²) in [4.78, 5) is 0. The summed E-state index contributed by atoms with van der Waals surface area (Å²) in [6.07, 6.45) is -5.13. The van der Waals surface area contributed by atoms with Gasteiger partial charge in [-0.05, 0) is 30.3 Å². The summed E-state index contributed by atoms with van der Waals surface area (Å²) in [6.45, 7) is 0.830. The van der Waals surface area contributed by atoms with Crippen molar-refractivity contribution in [2.24, 2.45) is 0 Å². The van der Waals surface area contributed by atoms with Crippen LogP contribution < -0.4 is 26.4 Å². The van der Waals surface area contributed by atoms with Gasteiger partial charge in [0.05, 0.1) is 11.6 Å². The first kappa shape index (κ1) is 48.1. The van der Waals surface area contributed by atoms with Crippen LogP contribution in [0.15, 0.2) is 79.0 Å². The van der Waals surface area contributed by atoms with Gasteiger partial charge in [-0.25, -0.2) is 87.8 Å². The average molecular weight is 950 g/mol. The maximum absolute atomic E-state index is 15.4. The Morgan fingerprint density at radius 1 is 0.348 bits per heavy atom. The minimum absolute atomic E-state index is 0.685. The van der Waals surface area contributed by atoms with Crippen LogP contribution in [0, 0.1) is 128 Å². The molecule has 23 heteroatoms. The molecular formula is C43H15BF20N2. The zero-order chi connectivity index (χ0) is 48.8. The molecule has 0 atom stereocenters. The van der Waals surface area contributed by atoms with Crippen LogP contribution in [-0.4, -0.2) is 6.15 Å². The van der Waals surface area contributed by atoms with Gasteiger partial charge in [-0.3, -0.25) is 0 Å². The lowest BCUT2D eigenvalue weighted by molar-refractivity contribution is -0.677. The van der Waals surface area contributed by atoms with Gasteiger partial charge in [0, 0.05) is 23.3 Å². The fraction of sp³-hybridized carbons (Fsp3) is 0.0233. The predicted molar refractivity (Wildman–Crippen MR) is 192 cm³/mol. The van der Waals surface area contributed by atoms with Crippen LogP contribution in [0.5, 0.6) is 0 Å². The maximum atomic E-state index is 15.4. The van der Waals surface area contributed by atoms with Crippen LogP contribution in [0.25, 0.3) is 11.3 Å². The van der Waals surface area contributed by atoms with Crippen LogP contribution >= 0.6 is 0 Å². The third-order valence-corrected chi connectivity index (χ3v) is 10.2. The van der Waals surface area contributed by atoms with Crippen LogP contribution in [0.1, 0.15) is 11.1 Å². The van der Waals surface area contributed by atoms with Crippen molar-refractivity contribution in [1.29, 1.82) is 5.26 Å². The number of benzene rings is 6. The van der Waals surface area contributed by atoms with Gasteiger partial charge in [0.15, 0.2) is 82.5 Å². The fourth-order valence-electron chi connectivity index (χ4n) is 7.25. The number of nitrogens with zero attached hydrogens (tertiary/aromatic N) is 2. The van der Waals surface area contributed by atoms with Crippen LogP contribution in [-0.2, 0) is 6.54 Å². The van der Waals surface area contributed by atoms with Gasteiger partial charge in [-0.2, -0.15) is 9.83 Å². The average Bonchev–Trinajstić information content (AvgIpc) is 3.32. The summed E-state index contributed by atoms with van der Waals surface area (Å²) >= 11 is 0. The largest absolute Gasteiger partial charge is 0.212 e. The summed E-state index contributed by atoms with van der Waals surface area (Å²) in [5.41, 5.74) is -10.1. The number of rotatable bonds is 7. The molecule has 6 aromatic carbocycles. The summed E-state index contributed by atoms with van der Waals surface area (Å²) in [5, 5.41) is 8.89. The molecule has 1 aromatic heterocycles. The number of pyridine rings is 1. The van der Waals surface area contributed by atoms with Crippen molar-refractivity contribution in [3.8, 4) is 17.3 Å².